The third-order valence-corrected chi connectivity index (χ3v) is 5.76. The van der Waals surface area contributed by atoms with E-state index in [-0.39, 0.29) is 18.1 Å². The number of hydrogen-bond donors (Lipinski definition) is 2. The van der Waals surface area contributed by atoms with E-state index in [2.05, 4.69) is 22.3 Å². The Balaban J connectivity index is 0.000000406. The predicted molar refractivity (Wildman–Crippen MR) is 114 cm³/mol. The van der Waals surface area contributed by atoms with E-state index in [1.165, 1.54) is 5.56 Å². The Hall–Kier alpha value is -3.05. The molecular weight excluding hydrogens is 457 g/mol. The van der Waals surface area contributed by atoms with Gasteiger partial charge in [0.25, 0.3) is 0 Å². The number of furan rings is 1. The highest BCUT2D eigenvalue weighted by Crippen LogP contribution is 2.32. The molecule has 0 radical (unpaired) electrons. The summed E-state index contributed by atoms with van der Waals surface area (Å²) in [5.74, 6) is -1.17. The molecule has 1 aromatic heterocycles. The molecule has 2 saturated heterocycles. The fourth-order valence-corrected chi connectivity index (χ4v) is 4.07. The van der Waals surface area contributed by atoms with E-state index in [1.807, 2.05) is 24.3 Å². The first kappa shape index (κ1) is 25.6. The van der Waals surface area contributed by atoms with E-state index in [1.54, 1.807) is 13.4 Å². The molecule has 3 heterocycles. The smallest absolute Gasteiger partial charge is 0.490 e. The van der Waals surface area contributed by atoms with Crippen molar-refractivity contribution in [1.29, 1.82) is 0 Å². The molecule has 2 aliphatic heterocycles. The lowest BCUT2D eigenvalue weighted by Gasteiger charge is -2.35. The van der Waals surface area contributed by atoms with Crippen molar-refractivity contribution in [2.75, 3.05) is 13.7 Å². The summed E-state index contributed by atoms with van der Waals surface area (Å²) in [5.41, 5.74) is 1.27. The van der Waals surface area contributed by atoms with Gasteiger partial charge in [0, 0.05) is 19.1 Å². The summed E-state index contributed by atoms with van der Waals surface area (Å²) in [6.07, 6.45) is -0.982. The van der Waals surface area contributed by atoms with Crippen LogP contribution in [0.1, 0.15) is 30.6 Å². The maximum absolute atomic E-state index is 12.4. The lowest BCUT2D eigenvalue weighted by molar-refractivity contribution is -0.192. The van der Waals surface area contributed by atoms with Crippen LogP contribution < -0.4 is 10.1 Å². The molecule has 0 spiro atoms. The van der Waals surface area contributed by atoms with E-state index < -0.39 is 12.1 Å². The molecule has 8 nitrogen and oxygen atoms in total. The molecule has 2 N–H and O–H groups in total. The van der Waals surface area contributed by atoms with E-state index in [0.717, 1.165) is 43.9 Å². The number of benzene rings is 1. The Morgan fingerprint density at radius 1 is 1.18 bits per heavy atom. The van der Waals surface area contributed by atoms with E-state index >= 15 is 0 Å². The molecule has 2 fully saturated rings. The number of carboxylic acids is 1. The average molecular weight is 484 g/mol. The molecule has 186 valence electrons. The molecule has 3 atom stereocenters. The molecule has 2 aromatic rings. The molecule has 4 rings (SSSR count). The second-order valence-corrected chi connectivity index (χ2v) is 8.02. The van der Waals surface area contributed by atoms with Gasteiger partial charge in [0.2, 0.25) is 5.91 Å². The Kier molecular flexibility index (Phi) is 8.56. The van der Waals surface area contributed by atoms with Crippen molar-refractivity contribution >= 4 is 11.9 Å². The van der Waals surface area contributed by atoms with Gasteiger partial charge in [-0.15, -0.1) is 0 Å². The van der Waals surface area contributed by atoms with E-state index in [4.69, 9.17) is 23.8 Å². The van der Waals surface area contributed by atoms with Gasteiger partial charge in [0.1, 0.15) is 17.6 Å². The minimum Gasteiger partial charge on any atom is -0.497 e. The van der Waals surface area contributed by atoms with Crippen LogP contribution in [0.2, 0.25) is 0 Å². The third-order valence-electron chi connectivity index (χ3n) is 5.76. The number of aliphatic carboxylic acids is 1. The summed E-state index contributed by atoms with van der Waals surface area (Å²) in [4.78, 5) is 23.8. The Morgan fingerprint density at radius 3 is 2.47 bits per heavy atom. The SMILES string of the molecule is COc1ccc(CN2CC[C@H]3O[C@H](C(=O)NCc4ccco4)CC[C@H]32)cc1.O=C(O)C(F)(F)F. The second-order valence-electron chi connectivity index (χ2n) is 8.02. The number of carboxylic acid groups (broad SMARTS) is 1. The molecule has 1 aromatic carbocycles. The molecule has 0 saturated carbocycles. The zero-order valence-corrected chi connectivity index (χ0v) is 18.6. The first-order valence-corrected chi connectivity index (χ1v) is 10.8. The fraction of sp³-hybridized carbons (Fsp3) is 0.478. The van der Waals surface area contributed by atoms with Crippen LogP contribution >= 0.6 is 0 Å². The van der Waals surface area contributed by atoms with Gasteiger partial charge >= 0.3 is 12.1 Å². The van der Waals surface area contributed by atoms with Crippen molar-refractivity contribution in [2.45, 2.75) is 56.8 Å². The normalized spacial score (nSPS) is 22.3. The average Bonchev–Trinajstić information content (AvgIpc) is 3.47. The van der Waals surface area contributed by atoms with Crippen molar-refractivity contribution in [3.63, 3.8) is 0 Å². The van der Waals surface area contributed by atoms with Crippen molar-refractivity contribution in [1.82, 2.24) is 10.2 Å². The summed E-state index contributed by atoms with van der Waals surface area (Å²) in [6, 6.07) is 12.3. The largest absolute Gasteiger partial charge is 0.497 e. The number of fused-ring (bicyclic) bond motifs is 1. The molecule has 2 aliphatic rings. The molecule has 0 aliphatic carbocycles. The Labute approximate surface area is 194 Å². The first-order valence-electron chi connectivity index (χ1n) is 10.8. The van der Waals surface area contributed by atoms with E-state index in [9.17, 15) is 18.0 Å². The summed E-state index contributed by atoms with van der Waals surface area (Å²) in [6.45, 7) is 2.31. The van der Waals surface area contributed by atoms with Crippen LogP contribution in [0, 0.1) is 0 Å². The lowest BCUT2D eigenvalue weighted by atomic mass is 9.98. The Bertz CT molecular complexity index is 933. The number of carbonyl (C=O) groups excluding carboxylic acids is 1. The quantitative estimate of drug-likeness (QED) is 0.649. The second kappa shape index (κ2) is 11.4. The number of methoxy groups -OCH3 is 1. The summed E-state index contributed by atoms with van der Waals surface area (Å²) >= 11 is 0. The number of carbonyl (C=O) groups is 2. The molecule has 0 bridgehead atoms. The van der Waals surface area contributed by atoms with Gasteiger partial charge in [0.15, 0.2) is 0 Å². The van der Waals surface area contributed by atoms with Gasteiger partial charge in [-0.25, -0.2) is 4.79 Å². The zero-order valence-electron chi connectivity index (χ0n) is 18.6. The summed E-state index contributed by atoms with van der Waals surface area (Å²) < 4.78 is 48.4. The van der Waals surface area contributed by atoms with Crippen molar-refractivity contribution in [2.24, 2.45) is 0 Å². The topological polar surface area (TPSA) is 101 Å². The zero-order chi connectivity index (χ0) is 24.7. The molecule has 11 heteroatoms. The van der Waals surface area contributed by atoms with Gasteiger partial charge in [-0.3, -0.25) is 9.69 Å². The monoisotopic (exact) mass is 484 g/mol. The van der Waals surface area contributed by atoms with Crippen molar-refractivity contribution < 1.29 is 41.8 Å². The van der Waals surface area contributed by atoms with Crippen molar-refractivity contribution in [3.8, 4) is 5.75 Å². The van der Waals surface area contributed by atoms with Crippen LogP contribution in [0.3, 0.4) is 0 Å². The number of nitrogens with one attached hydrogen (secondary N) is 1. The first-order chi connectivity index (χ1) is 16.2. The number of likely N-dealkylation sites (tertiary alicyclic amines) is 1. The number of alkyl halides is 3. The number of halogens is 3. The number of amides is 1. The van der Waals surface area contributed by atoms with Crippen LogP contribution in [0.4, 0.5) is 13.2 Å². The molecule has 0 unspecified atom stereocenters. The van der Waals surface area contributed by atoms with Gasteiger partial charge in [-0.05, 0) is 49.1 Å². The molecular formula is C23H27F3N2O6. The highest BCUT2D eigenvalue weighted by molar-refractivity contribution is 5.80. The van der Waals surface area contributed by atoms with Gasteiger partial charge in [0.05, 0.1) is 26.0 Å². The minimum atomic E-state index is -5.08. The summed E-state index contributed by atoms with van der Waals surface area (Å²) in [5, 5.41) is 10.0. The standard InChI is InChI=1S/C21H26N2O4.C2HF3O2/c1-25-16-6-4-15(5-7-16)14-23-11-10-19-18(23)8-9-20(27-19)21(24)22-13-17-3-2-12-26-17;3-2(4,5)1(6)7/h2-7,12,18-20H,8-11,13-14H2,1H3,(H,22,24);(H,6,7)/t18-,19-,20+;/m1./s1. The van der Waals surface area contributed by atoms with Gasteiger partial charge in [-0.2, -0.15) is 13.2 Å². The fourth-order valence-electron chi connectivity index (χ4n) is 4.07. The highest BCUT2D eigenvalue weighted by Gasteiger charge is 2.41. The molecule has 1 amide bonds. The number of nitrogens with zero attached hydrogens (tertiary/aromatic N) is 1. The number of ether oxygens (including phenoxy) is 2. The van der Waals surface area contributed by atoms with Crippen LogP contribution in [-0.2, 0) is 27.4 Å². The van der Waals surface area contributed by atoms with Gasteiger partial charge in [-0.1, -0.05) is 12.1 Å². The van der Waals surface area contributed by atoms with Gasteiger partial charge < -0.3 is 24.3 Å². The third kappa shape index (κ3) is 6.97. The van der Waals surface area contributed by atoms with Crippen LogP contribution in [0.5, 0.6) is 5.75 Å². The molecule has 34 heavy (non-hydrogen) atoms. The van der Waals surface area contributed by atoms with Crippen LogP contribution in [0.25, 0.3) is 0 Å². The number of hydrogen-bond acceptors (Lipinski definition) is 6. The van der Waals surface area contributed by atoms with E-state index in [0.29, 0.717) is 12.6 Å². The lowest BCUT2D eigenvalue weighted by Crippen LogP contribution is -2.47. The number of rotatable bonds is 6. The Morgan fingerprint density at radius 2 is 1.88 bits per heavy atom. The maximum atomic E-state index is 12.4. The minimum absolute atomic E-state index is 0.0431. The highest BCUT2D eigenvalue weighted by atomic mass is 19.4. The van der Waals surface area contributed by atoms with Crippen molar-refractivity contribution in [3.05, 3.63) is 54.0 Å². The summed E-state index contributed by atoms with van der Waals surface area (Å²) in [7, 11) is 1.68. The van der Waals surface area contributed by atoms with Crippen LogP contribution in [0.15, 0.2) is 47.1 Å². The maximum Gasteiger partial charge on any atom is 0.490 e. The predicted octanol–water partition coefficient (Wildman–Crippen LogP) is 3.36. The van der Waals surface area contributed by atoms with Crippen LogP contribution in [-0.4, -0.2) is 60.0 Å².